The molecule has 1 aliphatic heterocycles. The molecule has 2 amide bonds. The Bertz CT molecular complexity index is 787. The van der Waals surface area contributed by atoms with Crippen molar-refractivity contribution in [2.45, 2.75) is 45.8 Å². The Morgan fingerprint density at radius 1 is 1.37 bits per heavy atom. The number of pyridine rings is 1. The monoisotopic (exact) mass is 369 g/mol. The zero-order valence-electron chi connectivity index (χ0n) is 16.2. The number of nitrogens with zero attached hydrogens (tertiary/aromatic N) is 5. The lowest BCUT2D eigenvalue weighted by molar-refractivity contribution is -0.145. The van der Waals surface area contributed by atoms with E-state index in [1.807, 2.05) is 50.2 Å². The van der Waals surface area contributed by atoms with E-state index in [1.165, 1.54) is 0 Å². The number of likely N-dealkylation sites (tertiary alicyclic amines) is 1. The number of aryl methyl sites for hydroxylation is 1. The maximum Gasteiger partial charge on any atom is 0.228 e. The number of carbonyl (C=O) groups is 2. The van der Waals surface area contributed by atoms with Crippen LogP contribution in [0.1, 0.15) is 37.9 Å². The minimum Gasteiger partial charge on any atom is -0.336 e. The Balaban J connectivity index is 1.69. The molecule has 1 atom stereocenters. The molecule has 0 aliphatic carbocycles. The lowest BCUT2D eigenvalue weighted by Gasteiger charge is -2.36. The Hall–Kier alpha value is -2.70. The summed E-state index contributed by atoms with van der Waals surface area (Å²) in [7, 11) is 1.87. The highest BCUT2D eigenvalue weighted by molar-refractivity contribution is 5.84. The fourth-order valence-electron chi connectivity index (χ4n) is 3.46. The van der Waals surface area contributed by atoms with E-state index in [-0.39, 0.29) is 23.8 Å². The molecule has 1 aliphatic rings. The van der Waals surface area contributed by atoms with Crippen molar-refractivity contribution in [3.05, 3.63) is 48.0 Å². The van der Waals surface area contributed by atoms with Gasteiger partial charge in [0.05, 0.1) is 24.4 Å². The van der Waals surface area contributed by atoms with Gasteiger partial charge in [-0.3, -0.25) is 19.3 Å². The second-order valence-electron chi connectivity index (χ2n) is 7.41. The summed E-state index contributed by atoms with van der Waals surface area (Å²) in [5, 5.41) is 4.19. The average Bonchev–Trinajstić information content (AvgIpc) is 3.06. The average molecular weight is 369 g/mol. The molecule has 144 valence electrons. The van der Waals surface area contributed by atoms with Crippen LogP contribution >= 0.6 is 0 Å². The van der Waals surface area contributed by atoms with E-state index in [1.54, 1.807) is 22.0 Å². The van der Waals surface area contributed by atoms with Gasteiger partial charge in [-0.2, -0.15) is 5.10 Å². The number of piperidine rings is 1. The van der Waals surface area contributed by atoms with E-state index >= 15 is 0 Å². The molecule has 0 spiro atoms. The molecular formula is C20H27N5O2. The molecule has 2 aromatic heterocycles. The number of amides is 2. The molecule has 0 radical (unpaired) electrons. The molecule has 1 saturated heterocycles. The fourth-order valence-corrected chi connectivity index (χ4v) is 3.46. The Labute approximate surface area is 160 Å². The first-order valence-electron chi connectivity index (χ1n) is 9.39. The van der Waals surface area contributed by atoms with Crippen LogP contribution in [0.5, 0.6) is 0 Å². The summed E-state index contributed by atoms with van der Waals surface area (Å²) >= 11 is 0. The zero-order valence-corrected chi connectivity index (χ0v) is 16.2. The lowest BCUT2D eigenvalue weighted by atomic mass is 9.95. The fraction of sp³-hybridized carbons (Fsp3) is 0.500. The van der Waals surface area contributed by atoms with E-state index in [4.69, 9.17) is 0 Å². The molecular weight excluding hydrogens is 342 g/mol. The van der Waals surface area contributed by atoms with Gasteiger partial charge in [-0.1, -0.05) is 6.07 Å². The third-order valence-electron chi connectivity index (χ3n) is 4.95. The van der Waals surface area contributed by atoms with E-state index in [0.29, 0.717) is 32.5 Å². The van der Waals surface area contributed by atoms with Crippen molar-refractivity contribution in [3.63, 3.8) is 0 Å². The first-order valence-corrected chi connectivity index (χ1v) is 9.39. The summed E-state index contributed by atoms with van der Waals surface area (Å²) in [6.07, 6.45) is 6.45. The molecule has 3 rings (SSSR count). The number of rotatable bonds is 6. The van der Waals surface area contributed by atoms with Gasteiger partial charge in [-0.15, -0.1) is 0 Å². The van der Waals surface area contributed by atoms with Crippen molar-refractivity contribution < 1.29 is 9.59 Å². The molecule has 0 aromatic carbocycles. The second kappa shape index (κ2) is 8.33. The number of carbonyl (C=O) groups excluding carboxylic acids is 2. The molecule has 0 bridgehead atoms. The third-order valence-corrected chi connectivity index (χ3v) is 4.95. The first-order chi connectivity index (χ1) is 12.9. The standard InChI is InChI=1S/C20H27N5O2/c1-15(2)25(12-16-10-22-23(3)11-16)20(27)17-7-8-19(26)24(13-17)14-18-6-4-5-9-21-18/h4-6,9-11,15,17H,7-8,12-14H2,1-3H3. The van der Waals surface area contributed by atoms with Gasteiger partial charge in [0.2, 0.25) is 11.8 Å². The maximum atomic E-state index is 13.2. The van der Waals surface area contributed by atoms with Crippen molar-refractivity contribution in [1.82, 2.24) is 24.6 Å². The van der Waals surface area contributed by atoms with Crippen LogP contribution in [-0.2, 0) is 29.7 Å². The van der Waals surface area contributed by atoms with Gasteiger partial charge >= 0.3 is 0 Å². The SMILES string of the molecule is CC(C)N(Cc1cnn(C)c1)C(=O)C1CCC(=O)N(Cc2ccccn2)C1. The largest absolute Gasteiger partial charge is 0.336 e. The molecule has 27 heavy (non-hydrogen) atoms. The molecule has 1 fully saturated rings. The van der Waals surface area contributed by atoms with Crippen LogP contribution in [0.3, 0.4) is 0 Å². The Morgan fingerprint density at radius 3 is 2.81 bits per heavy atom. The van der Waals surface area contributed by atoms with Gasteiger partial charge in [0, 0.05) is 50.6 Å². The molecule has 0 N–H and O–H groups in total. The summed E-state index contributed by atoms with van der Waals surface area (Å²) in [5.41, 5.74) is 1.85. The van der Waals surface area contributed by atoms with Crippen molar-refractivity contribution in [1.29, 1.82) is 0 Å². The first kappa shape index (κ1) is 19.1. The zero-order chi connectivity index (χ0) is 19.4. The number of aromatic nitrogens is 3. The quantitative estimate of drug-likeness (QED) is 0.781. The summed E-state index contributed by atoms with van der Waals surface area (Å²) in [4.78, 5) is 33.5. The van der Waals surface area contributed by atoms with Crippen LogP contribution in [0.2, 0.25) is 0 Å². The molecule has 1 unspecified atom stereocenters. The minimum atomic E-state index is -0.175. The summed E-state index contributed by atoms with van der Waals surface area (Å²) in [6.45, 7) is 5.48. The van der Waals surface area contributed by atoms with Gasteiger partial charge in [-0.25, -0.2) is 0 Å². The highest BCUT2D eigenvalue weighted by Gasteiger charge is 2.33. The molecule has 0 saturated carbocycles. The number of hydrogen-bond acceptors (Lipinski definition) is 4. The van der Waals surface area contributed by atoms with Gasteiger partial charge in [0.15, 0.2) is 0 Å². The Morgan fingerprint density at radius 2 is 2.19 bits per heavy atom. The normalized spacial score (nSPS) is 17.4. The van der Waals surface area contributed by atoms with Crippen LogP contribution in [-0.4, -0.2) is 49.0 Å². The van der Waals surface area contributed by atoms with Crippen LogP contribution in [0, 0.1) is 5.92 Å². The third kappa shape index (κ3) is 4.72. The maximum absolute atomic E-state index is 13.2. The summed E-state index contributed by atoms with van der Waals surface area (Å²) in [5.74, 6) is 0.0194. The second-order valence-corrected chi connectivity index (χ2v) is 7.41. The van der Waals surface area contributed by atoms with E-state index < -0.39 is 0 Å². The van der Waals surface area contributed by atoms with Crippen molar-refractivity contribution in [2.75, 3.05) is 6.54 Å². The van der Waals surface area contributed by atoms with Crippen LogP contribution in [0.15, 0.2) is 36.8 Å². The molecule has 2 aromatic rings. The molecule has 3 heterocycles. The highest BCUT2D eigenvalue weighted by atomic mass is 16.2. The lowest BCUT2D eigenvalue weighted by Crippen LogP contribution is -2.48. The van der Waals surface area contributed by atoms with E-state index in [0.717, 1.165) is 11.3 Å². The predicted octanol–water partition coefficient (Wildman–Crippen LogP) is 1.99. The van der Waals surface area contributed by atoms with Gasteiger partial charge in [-0.05, 0) is 32.4 Å². The molecule has 7 heteroatoms. The van der Waals surface area contributed by atoms with Gasteiger partial charge in [0.1, 0.15) is 0 Å². The predicted molar refractivity (Wildman–Crippen MR) is 101 cm³/mol. The summed E-state index contributed by atoms with van der Waals surface area (Å²) in [6, 6.07) is 5.75. The van der Waals surface area contributed by atoms with Crippen LogP contribution in [0.25, 0.3) is 0 Å². The van der Waals surface area contributed by atoms with Crippen LogP contribution in [0.4, 0.5) is 0 Å². The molecule has 7 nitrogen and oxygen atoms in total. The topological polar surface area (TPSA) is 71.3 Å². The van der Waals surface area contributed by atoms with Crippen molar-refractivity contribution >= 4 is 11.8 Å². The van der Waals surface area contributed by atoms with E-state index in [2.05, 4.69) is 10.1 Å². The van der Waals surface area contributed by atoms with Crippen molar-refractivity contribution in [3.8, 4) is 0 Å². The Kier molecular flexibility index (Phi) is 5.88. The van der Waals surface area contributed by atoms with E-state index in [9.17, 15) is 9.59 Å². The van der Waals surface area contributed by atoms with Crippen molar-refractivity contribution in [2.24, 2.45) is 13.0 Å². The van der Waals surface area contributed by atoms with Crippen LogP contribution < -0.4 is 0 Å². The number of hydrogen-bond donors (Lipinski definition) is 0. The van der Waals surface area contributed by atoms with Gasteiger partial charge < -0.3 is 9.80 Å². The minimum absolute atomic E-state index is 0.0829. The summed E-state index contributed by atoms with van der Waals surface area (Å²) < 4.78 is 1.74. The highest BCUT2D eigenvalue weighted by Crippen LogP contribution is 2.23. The smallest absolute Gasteiger partial charge is 0.228 e. The van der Waals surface area contributed by atoms with Gasteiger partial charge in [0.25, 0.3) is 0 Å².